The van der Waals surface area contributed by atoms with Gasteiger partial charge in [0, 0.05) is 16.5 Å². The van der Waals surface area contributed by atoms with Crippen LogP contribution in [0.5, 0.6) is 5.75 Å². The molecule has 0 unspecified atom stereocenters. The zero-order valence-electron chi connectivity index (χ0n) is 13.4. The molecule has 4 nitrogen and oxygen atoms in total. The van der Waals surface area contributed by atoms with Gasteiger partial charge in [-0.05, 0) is 27.5 Å². The minimum Gasteiger partial charge on any atom is -0.507 e. The molecule has 1 rings (SSSR count). The molecule has 0 saturated heterocycles. The summed E-state index contributed by atoms with van der Waals surface area (Å²) >= 11 is 0. The van der Waals surface area contributed by atoms with Gasteiger partial charge in [-0.1, -0.05) is 53.7 Å². The van der Waals surface area contributed by atoms with E-state index in [1.54, 1.807) is 12.1 Å². The molecule has 1 aromatic carbocycles. The second kappa shape index (κ2) is 6.42. The van der Waals surface area contributed by atoms with E-state index < -0.39 is 7.60 Å². The summed E-state index contributed by atoms with van der Waals surface area (Å²) in [7, 11) is -4.13. The Morgan fingerprint density at radius 1 is 0.952 bits per heavy atom. The normalized spacial score (nSPS) is 13.0. The van der Waals surface area contributed by atoms with Crippen molar-refractivity contribution >= 4 is 7.60 Å². The average Bonchev–Trinajstić information content (AvgIpc) is 2.14. The molecule has 0 heterocycles. The van der Waals surface area contributed by atoms with E-state index in [4.69, 9.17) is 0 Å². The number of benzene rings is 1. The van der Waals surface area contributed by atoms with Crippen molar-refractivity contribution < 1.29 is 35.9 Å². The van der Waals surface area contributed by atoms with Crippen LogP contribution in [0, 0.1) is 0 Å². The molecule has 0 radical (unpaired) electrons. The van der Waals surface area contributed by atoms with E-state index in [2.05, 4.69) is 0 Å². The SMILES string of the molecule is CC(C)(C)c1cc(CP(=O)(O)O)cc(C(C)(C)C)c1O.[Ni]. The van der Waals surface area contributed by atoms with Crippen molar-refractivity contribution in [1.29, 1.82) is 0 Å². The summed E-state index contributed by atoms with van der Waals surface area (Å²) in [4.78, 5) is 18.4. The Bertz CT molecular complexity index is 515. The first-order valence-corrected chi connectivity index (χ1v) is 8.43. The maximum absolute atomic E-state index is 11.2. The van der Waals surface area contributed by atoms with Gasteiger partial charge in [-0.15, -0.1) is 0 Å². The fourth-order valence-corrected chi connectivity index (χ4v) is 2.83. The summed E-state index contributed by atoms with van der Waals surface area (Å²) in [6.07, 6.45) is -0.306. The van der Waals surface area contributed by atoms with Gasteiger partial charge in [0.05, 0.1) is 6.16 Å². The van der Waals surface area contributed by atoms with Gasteiger partial charge in [0.15, 0.2) is 0 Å². The molecule has 124 valence electrons. The first-order valence-electron chi connectivity index (χ1n) is 6.63. The Hall–Kier alpha value is -0.336. The van der Waals surface area contributed by atoms with E-state index in [0.717, 1.165) is 0 Å². The monoisotopic (exact) mass is 358 g/mol. The molecule has 21 heavy (non-hydrogen) atoms. The van der Waals surface area contributed by atoms with Gasteiger partial charge in [-0.3, -0.25) is 4.57 Å². The van der Waals surface area contributed by atoms with Crippen LogP contribution in [0.25, 0.3) is 0 Å². The van der Waals surface area contributed by atoms with E-state index in [0.29, 0.717) is 16.7 Å². The Morgan fingerprint density at radius 2 is 1.29 bits per heavy atom. The van der Waals surface area contributed by atoms with Crippen molar-refractivity contribution in [2.45, 2.75) is 58.5 Å². The zero-order chi connectivity index (χ0) is 15.9. The second-order valence-corrected chi connectivity index (χ2v) is 9.01. The van der Waals surface area contributed by atoms with Crippen molar-refractivity contribution in [3.8, 4) is 5.75 Å². The third-order valence-corrected chi connectivity index (χ3v) is 3.95. The molecule has 0 aliphatic carbocycles. The summed E-state index contributed by atoms with van der Waals surface area (Å²) in [5, 5.41) is 10.5. The van der Waals surface area contributed by atoms with Crippen molar-refractivity contribution in [2.24, 2.45) is 0 Å². The molecule has 0 bridgehead atoms. The van der Waals surface area contributed by atoms with Crippen molar-refractivity contribution in [3.05, 3.63) is 28.8 Å². The summed E-state index contributed by atoms with van der Waals surface area (Å²) in [6, 6.07) is 3.40. The molecule has 0 aromatic heterocycles. The molecular weight excluding hydrogens is 334 g/mol. The maximum atomic E-state index is 11.2. The van der Waals surface area contributed by atoms with Crippen LogP contribution in [0.3, 0.4) is 0 Å². The molecule has 0 atom stereocenters. The van der Waals surface area contributed by atoms with Gasteiger partial charge >= 0.3 is 7.60 Å². The minimum absolute atomic E-state index is 0. The number of rotatable bonds is 2. The Morgan fingerprint density at radius 3 is 1.52 bits per heavy atom. The van der Waals surface area contributed by atoms with Crippen molar-refractivity contribution in [2.75, 3.05) is 0 Å². The maximum Gasteiger partial charge on any atom is 0.329 e. The van der Waals surface area contributed by atoms with Gasteiger partial charge in [0.1, 0.15) is 5.75 Å². The summed E-state index contributed by atoms with van der Waals surface area (Å²) in [6.45, 7) is 11.8. The smallest absolute Gasteiger partial charge is 0.329 e. The molecule has 6 heteroatoms. The Balaban J connectivity index is 0.00000400. The second-order valence-electron chi connectivity index (χ2n) is 7.36. The summed E-state index contributed by atoms with van der Waals surface area (Å²) in [5.74, 6) is 0.222. The first kappa shape index (κ1) is 20.7. The quantitative estimate of drug-likeness (QED) is 0.556. The van der Waals surface area contributed by atoms with Crippen LogP contribution in [0.2, 0.25) is 0 Å². The topological polar surface area (TPSA) is 77.8 Å². The molecule has 0 saturated carbocycles. The van der Waals surface area contributed by atoms with Gasteiger partial charge in [0.2, 0.25) is 0 Å². The Kier molecular flexibility index (Phi) is 6.32. The van der Waals surface area contributed by atoms with E-state index in [-0.39, 0.29) is 39.2 Å². The van der Waals surface area contributed by atoms with Crippen LogP contribution >= 0.6 is 7.60 Å². The van der Waals surface area contributed by atoms with E-state index in [1.165, 1.54) is 0 Å². The van der Waals surface area contributed by atoms with Gasteiger partial charge < -0.3 is 14.9 Å². The van der Waals surface area contributed by atoms with E-state index in [9.17, 15) is 19.5 Å². The fourth-order valence-electron chi connectivity index (χ4n) is 2.17. The van der Waals surface area contributed by atoms with Crippen LogP contribution in [-0.2, 0) is 38.0 Å². The number of hydrogen-bond acceptors (Lipinski definition) is 2. The Labute approximate surface area is 137 Å². The average molecular weight is 359 g/mol. The molecule has 0 amide bonds. The van der Waals surface area contributed by atoms with Gasteiger partial charge in [-0.25, -0.2) is 0 Å². The molecular formula is C15H25NiO4P. The van der Waals surface area contributed by atoms with E-state index >= 15 is 0 Å². The molecule has 1 aromatic rings. The molecule has 0 spiro atoms. The predicted octanol–water partition coefficient (Wildman–Crippen LogP) is 3.66. The van der Waals surface area contributed by atoms with Crippen molar-refractivity contribution in [1.82, 2.24) is 0 Å². The van der Waals surface area contributed by atoms with Crippen LogP contribution in [0.4, 0.5) is 0 Å². The number of aromatic hydroxyl groups is 1. The zero-order valence-corrected chi connectivity index (χ0v) is 15.3. The van der Waals surface area contributed by atoms with E-state index in [1.807, 2.05) is 41.5 Å². The van der Waals surface area contributed by atoms with Gasteiger partial charge in [-0.2, -0.15) is 0 Å². The standard InChI is InChI=1S/C15H25O4P.Ni/c1-14(2,3)11-7-10(9-20(17,18)19)8-12(13(11)16)15(4,5)6;/h7-8,16H,9H2,1-6H3,(H2,17,18,19);. The fraction of sp³-hybridized carbons (Fsp3) is 0.600. The number of phenols is 1. The van der Waals surface area contributed by atoms with Crippen LogP contribution < -0.4 is 0 Å². The third-order valence-electron chi connectivity index (χ3n) is 3.17. The molecule has 0 aliphatic heterocycles. The molecule has 0 aliphatic rings. The first-order chi connectivity index (χ1) is 8.72. The van der Waals surface area contributed by atoms with Crippen LogP contribution in [0.1, 0.15) is 58.2 Å². The molecule has 3 N–H and O–H groups in total. The predicted molar refractivity (Wildman–Crippen MR) is 81.3 cm³/mol. The number of phenolic OH excluding ortho intramolecular Hbond substituents is 1. The minimum atomic E-state index is -4.13. The van der Waals surface area contributed by atoms with Crippen LogP contribution in [-0.4, -0.2) is 14.9 Å². The third kappa shape index (κ3) is 5.75. The van der Waals surface area contributed by atoms with Crippen LogP contribution in [0.15, 0.2) is 12.1 Å². The number of hydrogen-bond donors (Lipinski definition) is 3. The summed E-state index contributed by atoms with van der Waals surface area (Å²) < 4.78 is 11.2. The molecule has 0 fully saturated rings. The summed E-state index contributed by atoms with van der Waals surface area (Å²) in [5.41, 5.74) is 1.40. The van der Waals surface area contributed by atoms with Gasteiger partial charge in [0.25, 0.3) is 0 Å². The largest absolute Gasteiger partial charge is 0.507 e. The van der Waals surface area contributed by atoms with Crippen molar-refractivity contribution in [3.63, 3.8) is 0 Å².